The van der Waals surface area contributed by atoms with Crippen molar-refractivity contribution < 1.29 is 9.53 Å². The summed E-state index contributed by atoms with van der Waals surface area (Å²) in [4.78, 5) is 19.1. The molecule has 2 fully saturated rings. The molecule has 1 aromatic heterocycles. The van der Waals surface area contributed by atoms with Crippen LogP contribution in [0.4, 0.5) is 0 Å². The summed E-state index contributed by atoms with van der Waals surface area (Å²) in [5.41, 5.74) is 0.696. The van der Waals surface area contributed by atoms with E-state index in [0.29, 0.717) is 36.6 Å². The van der Waals surface area contributed by atoms with Crippen molar-refractivity contribution >= 4 is 5.78 Å². The first kappa shape index (κ1) is 13.2. The Bertz CT molecular complexity index is 552. The lowest BCUT2D eigenvalue weighted by molar-refractivity contribution is -0.0703. The number of morpholine rings is 1. The number of nitrogens with zero attached hydrogens (tertiary/aromatic N) is 3. The Balaban J connectivity index is 1.83. The second-order valence-electron chi connectivity index (χ2n) is 5.55. The molecule has 0 amide bonds. The summed E-state index contributed by atoms with van der Waals surface area (Å²) in [5, 5.41) is 9.10. The number of pyridine rings is 1. The highest BCUT2D eigenvalue weighted by atomic mass is 16.5. The second-order valence-corrected chi connectivity index (χ2v) is 5.55. The summed E-state index contributed by atoms with van der Waals surface area (Å²) in [6.45, 7) is 1.37. The van der Waals surface area contributed by atoms with Crippen molar-refractivity contribution in [2.45, 2.75) is 24.9 Å². The van der Waals surface area contributed by atoms with Crippen LogP contribution in [0.1, 0.15) is 28.9 Å². The first-order valence-electron chi connectivity index (χ1n) is 6.89. The maximum Gasteiger partial charge on any atom is 0.185 e. The molecule has 2 bridgehead atoms. The Morgan fingerprint density at radius 3 is 2.80 bits per heavy atom. The van der Waals surface area contributed by atoms with Crippen LogP contribution in [0.3, 0.4) is 0 Å². The zero-order valence-corrected chi connectivity index (χ0v) is 11.5. The quantitative estimate of drug-likeness (QED) is 0.757. The Morgan fingerprint density at radius 2 is 2.15 bits per heavy atom. The lowest BCUT2D eigenvalue weighted by Crippen LogP contribution is -2.55. The maximum atomic E-state index is 12.6. The number of Topliss-reactive ketones (excluding diaryl/α,β-unsaturated/α-hetero) is 1. The van der Waals surface area contributed by atoms with E-state index in [1.165, 1.54) is 0 Å². The molecule has 0 saturated carbocycles. The molecule has 2 aliphatic rings. The van der Waals surface area contributed by atoms with Crippen LogP contribution in [0.25, 0.3) is 0 Å². The van der Waals surface area contributed by atoms with Gasteiger partial charge in [0.05, 0.1) is 18.8 Å². The summed E-state index contributed by atoms with van der Waals surface area (Å²) in [5.74, 6) is -0.0424. The lowest BCUT2D eigenvalue weighted by atomic mass is 9.81. The number of rotatable bonds is 2. The molecule has 0 N–H and O–H groups in total. The monoisotopic (exact) mass is 271 g/mol. The number of carbonyl (C=O) groups is 1. The molecule has 0 aromatic carbocycles. The summed E-state index contributed by atoms with van der Waals surface area (Å²) < 4.78 is 5.56. The number of ketones is 1. The molecule has 2 atom stereocenters. The first-order valence-corrected chi connectivity index (χ1v) is 6.89. The van der Waals surface area contributed by atoms with Gasteiger partial charge >= 0.3 is 0 Å². The van der Waals surface area contributed by atoms with Crippen LogP contribution >= 0.6 is 0 Å². The largest absolute Gasteiger partial charge is 0.378 e. The summed E-state index contributed by atoms with van der Waals surface area (Å²) in [7, 11) is 2.10. The fourth-order valence-electron chi connectivity index (χ4n) is 3.19. The van der Waals surface area contributed by atoms with Gasteiger partial charge in [-0.1, -0.05) is 0 Å². The van der Waals surface area contributed by atoms with Gasteiger partial charge < -0.3 is 4.74 Å². The SMILES string of the molecule is CN1C2COCC1CC(C(=O)c1ncccc1C#N)C2. The van der Waals surface area contributed by atoms with Crippen LogP contribution in [0.15, 0.2) is 18.3 Å². The zero-order valence-electron chi connectivity index (χ0n) is 11.5. The number of carbonyl (C=O) groups excluding carboxylic acids is 1. The zero-order chi connectivity index (χ0) is 14.1. The fourth-order valence-corrected chi connectivity index (χ4v) is 3.19. The maximum absolute atomic E-state index is 12.6. The normalized spacial score (nSPS) is 29.7. The predicted octanol–water partition coefficient (Wildman–Crippen LogP) is 1.25. The third-order valence-electron chi connectivity index (χ3n) is 4.42. The summed E-state index contributed by atoms with van der Waals surface area (Å²) in [6, 6.07) is 5.99. The van der Waals surface area contributed by atoms with Gasteiger partial charge in [0.15, 0.2) is 5.78 Å². The van der Waals surface area contributed by atoms with E-state index in [0.717, 1.165) is 12.8 Å². The van der Waals surface area contributed by atoms with Crippen LogP contribution in [0, 0.1) is 17.2 Å². The molecule has 0 radical (unpaired) electrons. The first-order chi connectivity index (χ1) is 9.70. The minimum atomic E-state index is -0.0490. The molecule has 5 heteroatoms. The third-order valence-corrected chi connectivity index (χ3v) is 4.42. The summed E-state index contributed by atoms with van der Waals surface area (Å²) >= 11 is 0. The molecule has 0 spiro atoms. The Labute approximate surface area is 118 Å². The number of aromatic nitrogens is 1. The molecular formula is C15H17N3O2. The highest BCUT2D eigenvalue weighted by molar-refractivity contribution is 5.98. The van der Waals surface area contributed by atoms with Gasteiger partial charge in [0.2, 0.25) is 0 Å². The van der Waals surface area contributed by atoms with Gasteiger partial charge in [0.1, 0.15) is 11.8 Å². The van der Waals surface area contributed by atoms with Gasteiger partial charge in [-0.2, -0.15) is 5.26 Å². The van der Waals surface area contributed by atoms with E-state index in [1.807, 2.05) is 0 Å². The van der Waals surface area contributed by atoms with Crippen molar-refractivity contribution in [1.29, 1.82) is 5.26 Å². The highest BCUT2D eigenvalue weighted by Gasteiger charge is 2.40. The van der Waals surface area contributed by atoms with Gasteiger partial charge in [-0.25, -0.2) is 0 Å². The number of ether oxygens (including phenoxy) is 1. The van der Waals surface area contributed by atoms with Gasteiger partial charge in [0.25, 0.3) is 0 Å². The predicted molar refractivity (Wildman–Crippen MR) is 72.2 cm³/mol. The van der Waals surface area contributed by atoms with Crippen LogP contribution < -0.4 is 0 Å². The van der Waals surface area contributed by atoms with Crippen LogP contribution in [0.5, 0.6) is 0 Å². The van der Waals surface area contributed by atoms with Crippen molar-refractivity contribution in [1.82, 2.24) is 9.88 Å². The molecule has 2 aliphatic heterocycles. The van der Waals surface area contributed by atoms with Gasteiger partial charge in [-0.15, -0.1) is 0 Å². The van der Waals surface area contributed by atoms with Crippen molar-refractivity contribution in [3.05, 3.63) is 29.6 Å². The van der Waals surface area contributed by atoms with E-state index < -0.39 is 0 Å². The Morgan fingerprint density at radius 1 is 1.45 bits per heavy atom. The van der Waals surface area contributed by atoms with E-state index in [4.69, 9.17) is 10.00 Å². The highest BCUT2D eigenvalue weighted by Crippen LogP contribution is 2.32. The van der Waals surface area contributed by atoms with E-state index >= 15 is 0 Å². The van der Waals surface area contributed by atoms with Gasteiger partial charge in [-0.05, 0) is 32.0 Å². The van der Waals surface area contributed by atoms with Crippen molar-refractivity contribution in [2.75, 3.05) is 20.3 Å². The number of hydrogen-bond donors (Lipinski definition) is 0. The van der Waals surface area contributed by atoms with Crippen molar-refractivity contribution in [2.24, 2.45) is 5.92 Å². The molecule has 5 nitrogen and oxygen atoms in total. The molecule has 3 rings (SSSR count). The number of fused-ring (bicyclic) bond motifs is 2. The third kappa shape index (κ3) is 2.21. The molecule has 2 unspecified atom stereocenters. The molecular weight excluding hydrogens is 254 g/mol. The van der Waals surface area contributed by atoms with Crippen LogP contribution in [-0.2, 0) is 4.74 Å². The Hall–Kier alpha value is -1.77. The molecule has 1 aromatic rings. The van der Waals surface area contributed by atoms with Gasteiger partial charge in [-0.3, -0.25) is 14.7 Å². The molecule has 20 heavy (non-hydrogen) atoms. The van der Waals surface area contributed by atoms with E-state index in [2.05, 4.69) is 23.0 Å². The molecule has 2 saturated heterocycles. The van der Waals surface area contributed by atoms with Gasteiger partial charge in [0, 0.05) is 24.2 Å². The summed E-state index contributed by atoms with van der Waals surface area (Å²) in [6.07, 6.45) is 3.15. The van der Waals surface area contributed by atoms with E-state index in [9.17, 15) is 4.79 Å². The smallest absolute Gasteiger partial charge is 0.185 e. The second kappa shape index (κ2) is 5.31. The molecule has 0 aliphatic carbocycles. The standard InChI is InChI=1S/C15H17N3O2/c1-18-12-5-11(6-13(18)9-20-8-12)15(19)14-10(7-16)3-2-4-17-14/h2-4,11-13H,5-6,8-9H2,1H3. The molecule has 104 valence electrons. The minimum Gasteiger partial charge on any atom is -0.378 e. The van der Waals surface area contributed by atoms with Crippen molar-refractivity contribution in [3.8, 4) is 6.07 Å². The number of likely N-dealkylation sites (N-methyl/N-ethyl adjacent to an activating group) is 1. The minimum absolute atomic E-state index is 0.00662. The topological polar surface area (TPSA) is 66.2 Å². The number of piperidine rings is 1. The lowest BCUT2D eigenvalue weighted by Gasteiger charge is -2.46. The number of nitriles is 1. The van der Waals surface area contributed by atoms with Crippen molar-refractivity contribution in [3.63, 3.8) is 0 Å². The van der Waals surface area contributed by atoms with Crippen LogP contribution in [-0.4, -0.2) is 48.0 Å². The van der Waals surface area contributed by atoms with Crippen LogP contribution in [0.2, 0.25) is 0 Å². The fraction of sp³-hybridized carbons (Fsp3) is 0.533. The average Bonchev–Trinajstić information content (AvgIpc) is 2.46. The Kier molecular flexibility index (Phi) is 3.51. The molecule has 3 heterocycles. The van der Waals surface area contributed by atoms with E-state index in [-0.39, 0.29) is 11.7 Å². The number of hydrogen-bond acceptors (Lipinski definition) is 5. The average molecular weight is 271 g/mol. The van der Waals surface area contributed by atoms with E-state index in [1.54, 1.807) is 18.3 Å².